The predicted octanol–water partition coefficient (Wildman–Crippen LogP) is 1.21. The van der Waals surface area contributed by atoms with Gasteiger partial charge in [0, 0.05) is 12.6 Å². The van der Waals surface area contributed by atoms with Gasteiger partial charge < -0.3 is 5.11 Å². The molecule has 1 heterocycles. The molecule has 1 N–H and O–H groups in total. The van der Waals surface area contributed by atoms with Gasteiger partial charge >= 0.3 is 5.97 Å². The Hall–Kier alpha value is -1.47. The lowest BCUT2D eigenvalue weighted by atomic mass is 10.1. The lowest BCUT2D eigenvalue weighted by Gasteiger charge is -2.27. The van der Waals surface area contributed by atoms with Crippen molar-refractivity contribution >= 4 is 15.8 Å². The van der Waals surface area contributed by atoms with Crippen LogP contribution in [0.5, 0.6) is 0 Å². The molecule has 116 valence electrons. The van der Waals surface area contributed by atoms with Crippen LogP contribution in [0.15, 0.2) is 18.2 Å². The Morgan fingerprint density at radius 1 is 1.48 bits per heavy atom. The van der Waals surface area contributed by atoms with Gasteiger partial charge in [0.2, 0.25) is 0 Å². The monoisotopic (exact) mass is 315 g/mol. The molecule has 0 radical (unpaired) electrons. The van der Waals surface area contributed by atoms with E-state index in [-0.39, 0.29) is 29.9 Å². The smallest absolute Gasteiger partial charge is 0.317 e. The first-order valence-corrected chi connectivity index (χ1v) is 8.50. The molecule has 0 spiro atoms. The summed E-state index contributed by atoms with van der Waals surface area (Å²) >= 11 is 0. The average Bonchev–Trinajstić information content (AvgIpc) is 2.71. The molecule has 1 aliphatic heterocycles. The van der Waals surface area contributed by atoms with E-state index in [2.05, 4.69) is 0 Å². The summed E-state index contributed by atoms with van der Waals surface area (Å²) in [5.74, 6) is -1.26. The molecule has 0 aromatic heterocycles. The highest BCUT2D eigenvalue weighted by atomic mass is 32.2. The first-order chi connectivity index (χ1) is 9.77. The Morgan fingerprint density at radius 3 is 2.71 bits per heavy atom. The third-order valence-electron chi connectivity index (χ3n) is 3.74. The van der Waals surface area contributed by atoms with Crippen molar-refractivity contribution in [3.05, 3.63) is 35.1 Å². The van der Waals surface area contributed by atoms with Crippen LogP contribution in [0.2, 0.25) is 0 Å². The molecule has 1 fully saturated rings. The normalized spacial score (nSPS) is 20.8. The number of carbonyl (C=O) groups is 1. The van der Waals surface area contributed by atoms with Gasteiger partial charge in [-0.2, -0.15) is 0 Å². The second-order valence-electron chi connectivity index (χ2n) is 5.43. The van der Waals surface area contributed by atoms with E-state index in [1.807, 2.05) is 0 Å². The van der Waals surface area contributed by atoms with Crippen LogP contribution < -0.4 is 0 Å². The van der Waals surface area contributed by atoms with Gasteiger partial charge in [-0.3, -0.25) is 9.69 Å². The average molecular weight is 315 g/mol. The van der Waals surface area contributed by atoms with E-state index in [1.54, 1.807) is 17.9 Å². The fourth-order valence-electron chi connectivity index (χ4n) is 2.61. The summed E-state index contributed by atoms with van der Waals surface area (Å²) in [5.41, 5.74) is 1.54. The summed E-state index contributed by atoms with van der Waals surface area (Å²) in [7, 11) is -3.08. The van der Waals surface area contributed by atoms with E-state index in [1.165, 1.54) is 12.1 Å². The van der Waals surface area contributed by atoms with Crippen LogP contribution >= 0.6 is 0 Å². The van der Waals surface area contributed by atoms with Gasteiger partial charge in [0.15, 0.2) is 9.84 Å². The van der Waals surface area contributed by atoms with Gasteiger partial charge in [-0.25, -0.2) is 12.8 Å². The zero-order valence-electron chi connectivity index (χ0n) is 11.8. The number of carboxylic acids is 1. The van der Waals surface area contributed by atoms with E-state index in [0.717, 1.165) is 11.1 Å². The van der Waals surface area contributed by atoms with Crippen LogP contribution in [0.1, 0.15) is 17.5 Å². The van der Waals surface area contributed by atoms with Crippen molar-refractivity contribution in [3.8, 4) is 0 Å². The minimum Gasteiger partial charge on any atom is -0.480 e. The molecule has 21 heavy (non-hydrogen) atoms. The van der Waals surface area contributed by atoms with Crippen molar-refractivity contribution in [2.24, 2.45) is 0 Å². The van der Waals surface area contributed by atoms with Crippen molar-refractivity contribution < 1.29 is 22.7 Å². The Morgan fingerprint density at radius 2 is 2.19 bits per heavy atom. The zero-order chi connectivity index (χ0) is 15.6. The maximum atomic E-state index is 13.1. The molecule has 0 amide bonds. The molecule has 2 rings (SSSR count). The topological polar surface area (TPSA) is 74.7 Å². The van der Waals surface area contributed by atoms with Crippen molar-refractivity contribution in [2.75, 3.05) is 18.1 Å². The Labute approximate surface area is 123 Å². The minimum atomic E-state index is -3.08. The first kappa shape index (κ1) is 15.9. The molecular weight excluding hydrogens is 297 g/mol. The maximum Gasteiger partial charge on any atom is 0.317 e. The van der Waals surface area contributed by atoms with Gasteiger partial charge in [-0.1, -0.05) is 6.07 Å². The number of aliphatic carboxylic acids is 1. The summed E-state index contributed by atoms with van der Waals surface area (Å²) in [4.78, 5) is 12.7. The highest BCUT2D eigenvalue weighted by Crippen LogP contribution is 2.21. The Balaban J connectivity index is 2.18. The van der Waals surface area contributed by atoms with Gasteiger partial charge in [-0.15, -0.1) is 0 Å². The fraction of sp³-hybridized carbons (Fsp3) is 0.500. The predicted molar refractivity (Wildman–Crippen MR) is 76.2 cm³/mol. The van der Waals surface area contributed by atoms with Crippen LogP contribution in [0.25, 0.3) is 0 Å². The summed E-state index contributed by atoms with van der Waals surface area (Å²) in [6, 6.07) is 4.03. The molecule has 1 atom stereocenters. The molecule has 7 heteroatoms. The van der Waals surface area contributed by atoms with Crippen LogP contribution in [0.4, 0.5) is 4.39 Å². The summed E-state index contributed by atoms with van der Waals surface area (Å²) in [5, 5.41) is 9.01. The van der Waals surface area contributed by atoms with E-state index >= 15 is 0 Å². The molecule has 1 aromatic carbocycles. The van der Waals surface area contributed by atoms with Gasteiger partial charge in [0.1, 0.15) is 5.82 Å². The molecular formula is C14H18FNO4S. The van der Waals surface area contributed by atoms with Gasteiger partial charge in [0.05, 0.1) is 18.1 Å². The lowest BCUT2D eigenvalue weighted by molar-refractivity contribution is -0.139. The van der Waals surface area contributed by atoms with Crippen LogP contribution in [-0.4, -0.2) is 48.5 Å². The Kier molecular flexibility index (Phi) is 4.63. The molecule has 1 aromatic rings. The molecule has 1 saturated heterocycles. The van der Waals surface area contributed by atoms with E-state index in [9.17, 15) is 17.6 Å². The zero-order valence-corrected chi connectivity index (χ0v) is 12.6. The van der Waals surface area contributed by atoms with Gasteiger partial charge in [0.25, 0.3) is 0 Å². The van der Waals surface area contributed by atoms with E-state index in [4.69, 9.17) is 5.11 Å². The fourth-order valence-corrected chi connectivity index (χ4v) is 4.37. The number of benzene rings is 1. The van der Waals surface area contributed by atoms with Crippen molar-refractivity contribution in [1.29, 1.82) is 0 Å². The SMILES string of the molecule is Cc1cc(F)ccc1CN(CC(=O)O)C1CCS(=O)(=O)C1. The minimum absolute atomic E-state index is 0.0134. The number of hydrogen-bond donors (Lipinski definition) is 1. The number of rotatable bonds is 5. The van der Waals surface area contributed by atoms with Gasteiger partial charge in [-0.05, 0) is 36.6 Å². The molecule has 1 aliphatic rings. The molecule has 1 unspecified atom stereocenters. The van der Waals surface area contributed by atoms with Crippen LogP contribution in [0.3, 0.4) is 0 Å². The number of halogens is 1. The summed E-state index contributed by atoms with van der Waals surface area (Å²) in [6.45, 7) is 1.83. The highest BCUT2D eigenvalue weighted by Gasteiger charge is 2.33. The summed E-state index contributed by atoms with van der Waals surface area (Å²) < 4.78 is 36.3. The van der Waals surface area contributed by atoms with Crippen molar-refractivity contribution in [2.45, 2.75) is 25.9 Å². The molecule has 0 aliphatic carbocycles. The second-order valence-corrected chi connectivity index (χ2v) is 7.66. The second kappa shape index (κ2) is 6.11. The van der Waals surface area contributed by atoms with Crippen LogP contribution in [0, 0.1) is 12.7 Å². The highest BCUT2D eigenvalue weighted by molar-refractivity contribution is 7.91. The quantitative estimate of drug-likeness (QED) is 0.884. The maximum absolute atomic E-state index is 13.1. The molecule has 0 bridgehead atoms. The number of aryl methyl sites for hydroxylation is 1. The van der Waals surface area contributed by atoms with Crippen molar-refractivity contribution in [3.63, 3.8) is 0 Å². The standard InChI is InChI=1S/C14H18FNO4S/c1-10-6-12(15)3-2-11(10)7-16(8-14(17)18)13-4-5-21(19,20)9-13/h2-3,6,13H,4-5,7-9H2,1H3,(H,17,18). The Bertz CT molecular complexity index is 644. The number of hydrogen-bond acceptors (Lipinski definition) is 4. The number of sulfone groups is 1. The third kappa shape index (κ3) is 4.25. The number of carboxylic acid groups (broad SMARTS) is 1. The van der Waals surface area contributed by atoms with Crippen LogP contribution in [-0.2, 0) is 21.2 Å². The van der Waals surface area contributed by atoms with Crippen molar-refractivity contribution in [1.82, 2.24) is 4.90 Å². The lowest BCUT2D eigenvalue weighted by Crippen LogP contribution is -2.39. The molecule has 0 saturated carbocycles. The van der Waals surface area contributed by atoms with E-state index < -0.39 is 15.8 Å². The first-order valence-electron chi connectivity index (χ1n) is 6.68. The summed E-state index contributed by atoms with van der Waals surface area (Å²) in [6.07, 6.45) is 0.440. The molecule has 5 nitrogen and oxygen atoms in total. The van der Waals surface area contributed by atoms with E-state index in [0.29, 0.717) is 13.0 Å². The third-order valence-corrected chi connectivity index (χ3v) is 5.49. The number of nitrogens with zero attached hydrogens (tertiary/aromatic N) is 1. The largest absolute Gasteiger partial charge is 0.480 e.